The van der Waals surface area contributed by atoms with Crippen LogP contribution in [0, 0.1) is 0 Å². The molecule has 18 heavy (non-hydrogen) atoms. The number of benzene rings is 2. The van der Waals surface area contributed by atoms with Gasteiger partial charge in [0.2, 0.25) is 6.29 Å². The summed E-state index contributed by atoms with van der Waals surface area (Å²) in [6.07, 6.45) is -1.24. The zero-order valence-corrected chi connectivity index (χ0v) is 9.65. The van der Waals surface area contributed by atoms with Gasteiger partial charge in [0.25, 0.3) is 0 Å². The van der Waals surface area contributed by atoms with Gasteiger partial charge in [0, 0.05) is 5.56 Å². The summed E-state index contributed by atoms with van der Waals surface area (Å²) in [5.41, 5.74) is 1.67. The average molecular weight is 240 g/mol. The Balaban J connectivity index is 1.83. The molecule has 90 valence electrons. The van der Waals surface area contributed by atoms with E-state index in [-0.39, 0.29) is 5.97 Å². The van der Waals surface area contributed by atoms with Gasteiger partial charge in [-0.05, 0) is 5.56 Å². The summed E-state index contributed by atoms with van der Waals surface area (Å²) in [7, 11) is 0. The smallest absolute Gasteiger partial charge is 0.342 e. The normalized spacial score (nSPS) is 22.8. The standard InChI is InChI=1S/C15H12O3/c16-14-13(11-7-3-1-4-8-11)17-15(18-14)12-9-5-2-6-10-12/h1-10,13,15H/t13-,15+/m0/s1. The number of carbonyl (C=O) groups excluding carboxylic acids is 1. The number of hydrogen-bond donors (Lipinski definition) is 0. The fourth-order valence-corrected chi connectivity index (χ4v) is 1.97. The Bertz CT molecular complexity index is 536. The molecule has 1 fully saturated rings. The Labute approximate surface area is 105 Å². The van der Waals surface area contributed by atoms with Crippen molar-refractivity contribution in [3.05, 3.63) is 71.8 Å². The average Bonchev–Trinajstić information content (AvgIpc) is 2.83. The van der Waals surface area contributed by atoms with Crippen LogP contribution in [0.3, 0.4) is 0 Å². The van der Waals surface area contributed by atoms with E-state index in [9.17, 15) is 4.79 Å². The molecule has 0 spiro atoms. The molecule has 0 aromatic heterocycles. The van der Waals surface area contributed by atoms with Crippen LogP contribution in [0.1, 0.15) is 23.5 Å². The molecule has 0 amide bonds. The van der Waals surface area contributed by atoms with Gasteiger partial charge >= 0.3 is 5.97 Å². The van der Waals surface area contributed by atoms with Crippen LogP contribution in [-0.2, 0) is 14.3 Å². The van der Waals surface area contributed by atoms with Gasteiger partial charge in [-0.3, -0.25) is 0 Å². The minimum Gasteiger partial charge on any atom is -0.429 e. The van der Waals surface area contributed by atoms with Crippen molar-refractivity contribution in [2.75, 3.05) is 0 Å². The van der Waals surface area contributed by atoms with Gasteiger partial charge in [-0.25, -0.2) is 4.79 Å². The summed E-state index contributed by atoms with van der Waals surface area (Å²) in [5.74, 6) is -0.338. The molecule has 0 N–H and O–H groups in total. The lowest BCUT2D eigenvalue weighted by Gasteiger charge is -2.09. The minimum absolute atomic E-state index is 0.338. The summed E-state index contributed by atoms with van der Waals surface area (Å²) in [5, 5.41) is 0. The molecule has 3 rings (SSSR count). The number of hydrogen-bond acceptors (Lipinski definition) is 3. The van der Waals surface area contributed by atoms with Gasteiger partial charge in [0.1, 0.15) is 0 Å². The van der Waals surface area contributed by atoms with E-state index in [1.807, 2.05) is 60.7 Å². The Morgan fingerprint density at radius 2 is 1.33 bits per heavy atom. The first-order valence-electron chi connectivity index (χ1n) is 5.80. The molecule has 2 aromatic carbocycles. The molecule has 1 heterocycles. The molecule has 0 aliphatic carbocycles. The zero-order chi connectivity index (χ0) is 12.4. The molecule has 1 aliphatic heterocycles. The monoisotopic (exact) mass is 240 g/mol. The quantitative estimate of drug-likeness (QED) is 0.757. The second-order valence-corrected chi connectivity index (χ2v) is 4.11. The molecular formula is C15H12O3. The largest absolute Gasteiger partial charge is 0.429 e. The predicted molar refractivity (Wildman–Crippen MR) is 65.5 cm³/mol. The van der Waals surface area contributed by atoms with Gasteiger partial charge in [-0.1, -0.05) is 60.7 Å². The van der Waals surface area contributed by atoms with Crippen molar-refractivity contribution >= 4 is 5.97 Å². The van der Waals surface area contributed by atoms with Crippen LogP contribution in [0.2, 0.25) is 0 Å². The highest BCUT2D eigenvalue weighted by atomic mass is 16.8. The van der Waals surface area contributed by atoms with E-state index < -0.39 is 12.4 Å². The van der Waals surface area contributed by atoms with Crippen molar-refractivity contribution in [3.63, 3.8) is 0 Å². The molecule has 1 aliphatic rings. The minimum atomic E-state index is -0.628. The Hall–Kier alpha value is -2.13. The van der Waals surface area contributed by atoms with E-state index >= 15 is 0 Å². The third kappa shape index (κ3) is 2.00. The van der Waals surface area contributed by atoms with Crippen LogP contribution < -0.4 is 0 Å². The van der Waals surface area contributed by atoms with Gasteiger partial charge < -0.3 is 9.47 Å². The van der Waals surface area contributed by atoms with Crippen LogP contribution in [-0.4, -0.2) is 5.97 Å². The summed E-state index contributed by atoms with van der Waals surface area (Å²) in [6, 6.07) is 18.8. The van der Waals surface area contributed by atoms with Crippen LogP contribution in [0.25, 0.3) is 0 Å². The maximum Gasteiger partial charge on any atom is 0.342 e. The van der Waals surface area contributed by atoms with Crippen LogP contribution in [0.15, 0.2) is 60.7 Å². The summed E-state index contributed by atoms with van der Waals surface area (Å²) in [6.45, 7) is 0. The van der Waals surface area contributed by atoms with Crippen molar-refractivity contribution in [2.45, 2.75) is 12.4 Å². The molecule has 2 aromatic rings. The second kappa shape index (κ2) is 4.63. The SMILES string of the molecule is O=C1O[C@H](c2ccccc2)O[C@H]1c1ccccc1. The Kier molecular flexibility index (Phi) is 2.82. The van der Waals surface area contributed by atoms with Crippen LogP contribution >= 0.6 is 0 Å². The third-order valence-corrected chi connectivity index (χ3v) is 2.87. The van der Waals surface area contributed by atoms with E-state index in [1.165, 1.54) is 0 Å². The van der Waals surface area contributed by atoms with Crippen molar-refractivity contribution in [1.29, 1.82) is 0 Å². The van der Waals surface area contributed by atoms with Crippen LogP contribution in [0.4, 0.5) is 0 Å². The first-order chi connectivity index (χ1) is 8.84. The Morgan fingerprint density at radius 3 is 1.94 bits per heavy atom. The molecule has 2 atom stereocenters. The molecule has 0 bridgehead atoms. The van der Waals surface area contributed by atoms with E-state index in [1.54, 1.807) is 0 Å². The summed E-state index contributed by atoms with van der Waals surface area (Å²) < 4.78 is 10.9. The van der Waals surface area contributed by atoms with E-state index in [0.29, 0.717) is 0 Å². The van der Waals surface area contributed by atoms with Gasteiger partial charge in [0.15, 0.2) is 6.10 Å². The van der Waals surface area contributed by atoms with Crippen molar-refractivity contribution in [1.82, 2.24) is 0 Å². The molecule has 0 saturated carbocycles. The zero-order valence-electron chi connectivity index (χ0n) is 9.65. The van der Waals surface area contributed by atoms with E-state index in [0.717, 1.165) is 11.1 Å². The molecule has 3 heteroatoms. The van der Waals surface area contributed by atoms with Crippen molar-refractivity contribution in [3.8, 4) is 0 Å². The van der Waals surface area contributed by atoms with Gasteiger partial charge in [0.05, 0.1) is 0 Å². The third-order valence-electron chi connectivity index (χ3n) is 2.87. The molecule has 3 nitrogen and oxygen atoms in total. The molecule has 0 unspecified atom stereocenters. The van der Waals surface area contributed by atoms with E-state index in [4.69, 9.17) is 9.47 Å². The lowest BCUT2D eigenvalue weighted by Crippen LogP contribution is -2.06. The van der Waals surface area contributed by atoms with E-state index in [2.05, 4.69) is 0 Å². The van der Waals surface area contributed by atoms with Crippen molar-refractivity contribution < 1.29 is 14.3 Å². The molecule has 0 radical (unpaired) electrons. The maximum absolute atomic E-state index is 11.8. The fraction of sp³-hybridized carbons (Fsp3) is 0.133. The Morgan fingerprint density at radius 1 is 0.778 bits per heavy atom. The molecule has 1 saturated heterocycles. The van der Waals surface area contributed by atoms with Gasteiger partial charge in [-0.15, -0.1) is 0 Å². The predicted octanol–water partition coefficient (Wildman–Crippen LogP) is 3.00. The summed E-state index contributed by atoms with van der Waals surface area (Å²) in [4.78, 5) is 11.8. The maximum atomic E-state index is 11.8. The highest BCUT2D eigenvalue weighted by Crippen LogP contribution is 2.35. The number of ether oxygens (including phenoxy) is 2. The number of rotatable bonds is 2. The number of cyclic esters (lactones) is 1. The number of carbonyl (C=O) groups is 1. The highest BCUT2D eigenvalue weighted by Gasteiger charge is 2.37. The first kappa shape index (κ1) is 11.0. The van der Waals surface area contributed by atoms with Gasteiger partial charge in [-0.2, -0.15) is 0 Å². The molecular weight excluding hydrogens is 228 g/mol. The highest BCUT2D eigenvalue weighted by molar-refractivity contribution is 5.78. The van der Waals surface area contributed by atoms with Crippen LogP contribution in [0.5, 0.6) is 0 Å². The number of esters is 1. The lowest BCUT2D eigenvalue weighted by molar-refractivity contribution is -0.144. The van der Waals surface area contributed by atoms with Crippen molar-refractivity contribution in [2.24, 2.45) is 0 Å². The lowest BCUT2D eigenvalue weighted by atomic mass is 10.1. The summed E-state index contributed by atoms with van der Waals surface area (Å²) >= 11 is 0. The second-order valence-electron chi connectivity index (χ2n) is 4.11. The topological polar surface area (TPSA) is 35.5 Å². The fourth-order valence-electron chi connectivity index (χ4n) is 1.97. The first-order valence-corrected chi connectivity index (χ1v) is 5.80.